The second kappa shape index (κ2) is 7.16. The molecule has 126 valence electrons. The van der Waals surface area contributed by atoms with E-state index in [1.165, 1.54) is 6.20 Å². The Morgan fingerprint density at radius 3 is 2.83 bits per heavy atom. The number of aromatic carboxylic acids is 1. The molecule has 2 heterocycles. The quantitative estimate of drug-likeness (QED) is 0.926. The molecule has 1 aliphatic rings. The van der Waals surface area contributed by atoms with Gasteiger partial charge in [-0.2, -0.15) is 0 Å². The van der Waals surface area contributed by atoms with E-state index in [2.05, 4.69) is 4.98 Å². The van der Waals surface area contributed by atoms with Crippen LogP contribution >= 0.6 is 0 Å². The Morgan fingerprint density at radius 2 is 2.12 bits per heavy atom. The van der Waals surface area contributed by atoms with Gasteiger partial charge in [0.15, 0.2) is 5.89 Å². The number of ether oxygens (including phenoxy) is 1. The molecule has 7 heteroatoms. The zero-order valence-electron chi connectivity index (χ0n) is 13.1. The predicted molar refractivity (Wildman–Crippen MR) is 83.6 cm³/mol. The number of benzene rings is 1. The van der Waals surface area contributed by atoms with E-state index in [0.29, 0.717) is 19.0 Å². The summed E-state index contributed by atoms with van der Waals surface area (Å²) in [5.74, 6) is -1.10. The normalized spacial score (nSPS) is 17.5. The number of carboxylic acid groups (broad SMARTS) is 1. The van der Waals surface area contributed by atoms with Crippen molar-refractivity contribution >= 4 is 12.1 Å². The van der Waals surface area contributed by atoms with Crippen molar-refractivity contribution in [1.29, 1.82) is 0 Å². The summed E-state index contributed by atoms with van der Waals surface area (Å²) in [6.07, 6.45) is 2.40. The van der Waals surface area contributed by atoms with Gasteiger partial charge in [0.2, 0.25) is 5.76 Å². The van der Waals surface area contributed by atoms with Gasteiger partial charge in [-0.1, -0.05) is 30.3 Å². The number of aromatic nitrogens is 1. The number of amides is 1. The molecule has 1 unspecified atom stereocenters. The van der Waals surface area contributed by atoms with Gasteiger partial charge in [-0.25, -0.2) is 14.6 Å². The van der Waals surface area contributed by atoms with Crippen LogP contribution in [0.5, 0.6) is 0 Å². The Bertz CT molecular complexity index is 713. The van der Waals surface area contributed by atoms with E-state index in [1.54, 1.807) is 4.90 Å². The second-order valence-electron chi connectivity index (χ2n) is 5.69. The Labute approximate surface area is 138 Å². The fourth-order valence-electron chi connectivity index (χ4n) is 2.73. The first kappa shape index (κ1) is 16.0. The number of hydrogen-bond acceptors (Lipinski definition) is 5. The van der Waals surface area contributed by atoms with Crippen LogP contribution in [-0.2, 0) is 11.3 Å². The van der Waals surface area contributed by atoms with Crippen molar-refractivity contribution in [2.45, 2.75) is 25.4 Å². The van der Waals surface area contributed by atoms with Crippen LogP contribution in [0.4, 0.5) is 4.79 Å². The van der Waals surface area contributed by atoms with Gasteiger partial charge < -0.3 is 19.2 Å². The summed E-state index contributed by atoms with van der Waals surface area (Å²) < 4.78 is 10.6. The van der Waals surface area contributed by atoms with Gasteiger partial charge in [0.1, 0.15) is 6.61 Å². The maximum Gasteiger partial charge on any atom is 0.410 e. The minimum absolute atomic E-state index is 0.115. The third kappa shape index (κ3) is 3.73. The topological polar surface area (TPSA) is 92.9 Å². The maximum atomic E-state index is 12.2. The molecular formula is C17H18N2O5. The SMILES string of the molecule is O=C(O)c1cnc(C2CCCN(C(=O)OCc3ccccc3)C2)o1. The molecule has 0 bridgehead atoms. The lowest BCUT2D eigenvalue weighted by Crippen LogP contribution is -2.39. The Morgan fingerprint density at radius 1 is 1.33 bits per heavy atom. The summed E-state index contributed by atoms with van der Waals surface area (Å²) in [5, 5.41) is 8.90. The maximum absolute atomic E-state index is 12.2. The lowest BCUT2D eigenvalue weighted by molar-refractivity contribution is 0.0652. The van der Waals surface area contributed by atoms with E-state index in [1.807, 2.05) is 30.3 Å². The highest BCUT2D eigenvalue weighted by Crippen LogP contribution is 2.27. The van der Waals surface area contributed by atoms with Gasteiger partial charge in [0, 0.05) is 13.1 Å². The van der Waals surface area contributed by atoms with Gasteiger partial charge in [-0.3, -0.25) is 0 Å². The van der Waals surface area contributed by atoms with Crippen LogP contribution in [0.3, 0.4) is 0 Å². The monoisotopic (exact) mass is 330 g/mol. The molecule has 24 heavy (non-hydrogen) atoms. The summed E-state index contributed by atoms with van der Waals surface area (Å²) in [4.78, 5) is 28.7. The zero-order chi connectivity index (χ0) is 16.9. The van der Waals surface area contributed by atoms with Crippen LogP contribution in [0, 0.1) is 0 Å². The molecule has 1 amide bonds. The summed E-state index contributed by atoms with van der Waals surface area (Å²) in [7, 11) is 0. The van der Waals surface area contributed by atoms with Gasteiger partial charge in [-0.05, 0) is 18.4 Å². The number of piperidine rings is 1. The summed E-state index contributed by atoms with van der Waals surface area (Å²) in [5.41, 5.74) is 0.929. The first-order valence-corrected chi connectivity index (χ1v) is 7.78. The van der Waals surface area contributed by atoms with Crippen LogP contribution in [0.2, 0.25) is 0 Å². The van der Waals surface area contributed by atoms with Crippen LogP contribution < -0.4 is 0 Å². The molecular weight excluding hydrogens is 312 g/mol. The molecule has 1 atom stereocenters. The standard InChI is InChI=1S/C17H18N2O5/c20-16(21)14-9-18-15(24-14)13-7-4-8-19(10-13)17(22)23-11-12-5-2-1-3-6-12/h1-3,5-6,9,13H,4,7-8,10-11H2,(H,20,21). The number of carbonyl (C=O) groups is 2. The van der Waals surface area contributed by atoms with Crippen molar-refractivity contribution in [3.8, 4) is 0 Å². The lowest BCUT2D eigenvalue weighted by atomic mass is 9.98. The highest BCUT2D eigenvalue weighted by molar-refractivity contribution is 5.83. The largest absolute Gasteiger partial charge is 0.475 e. The van der Waals surface area contributed by atoms with E-state index in [4.69, 9.17) is 14.3 Å². The number of carboxylic acids is 1. The fourth-order valence-corrected chi connectivity index (χ4v) is 2.73. The number of carbonyl (C=O) groups excluding carboxylic acids is 1. The number of hydrogen-bond donors (Lipinski definition) is 1. The second-order valence-corrected chi connectivity index (χ2v) is 5.69. The number of likely N-dealkylation sites (tertiary alicyclic amines) is 1. The van der Waals surface area contributed by atoms with Crippen molar-refractivity contribution < 1.29 is 23.8 Å². The average Bonchev–Trinajstić information content (AvgIpc) is 3.11. The molecule has 1 fully saturated rings. The van der Waals surface area contributed by atoms with Crippen LogP contribution in [-0.4, -0.2) is 40.1 Å². The molecule has 7 nitrogen and oxygen atoms in total. The fraction of sp³-hybridized carbons (Fsp3) is 0.353. The molecule has 0 saturated carbocycles. The van der Waals surface area contributed by atoms with Gasteiger partial charge in [0.05, 0.1) is 12.1 Å². The number of rotatable bonds is 4. The number of nitrogens with zero attached hydrogens (tertiary/aromatic N) is 2. The molecule has 1 aromatic carbocycles. The summed E-state index contributed by atoms with van der Waals surface area (Å²) in [6, 6.07) is 9.48. The minimum atomic E-state index is -1.15. The minimum Gasteiger partial charge on any atom is -0.475 e. The molecule has 0 aliphatic carbocycles. The van der Waals surface area contributed by atoms with Gasteiger partial charge in [-0.15, -0.1) is 0 Å². The van der Waals surface area contributed by atoms with Crippen LogP contribution in [0.1, 0.15) is 40.8 Å². The Kier molecular flexibility index (Phi) is 4.79. The highest BCUT2D eigenvalue weighted by atomic mass is 16.6. The molecule has 2 aromatic rings. The molecule has 0 spiro atoms. The first-order valence-electron chi connectivity index (χ1n) is 7.78. The summed E-state index contributed by atoms with van der Waals surface area (Å²) in [6.45, 7) is 1.24. The van der Waals surface area contributed by atoms with Crippen LogP contribution in [0.25, 0.3) is 0 Å². The molecule has 1 aromatic heterocycles. The summed E-state index contributed by atoms with van der Waals surface area (Å²) >= 11 is 0. The smallest absolute Gasteiger partial charge is 0.410 e. The van der Waals surface area contributed by atoms with E-state index in [9.17, 15) is 9.59 Å². The van der Waals surface area contributed by atoms with E-state index >= 15 is 0 Å². The predicted octanol–water partition coefficient (Wildman–Crippen LogP) is 2.89. The molecule has 3 rings (SSSR count). The highest BCUT2D eigenvalue weighted by Gasteiger charge is 2.29. The number of oxazole rings is 1. The zero-order valence-corrected chi connectivity index (χ0v) is 13.1. The lowest BCUT2D eigenvalue weighted by Gasteiger charge is -2.30. The van der Waals surface area contributed by atoms with Gasteiger partial charge >= 0.3 is 12.1 Å². The molecule has 1 aliphatic heterocycles. The van der Waals surface area contributed by atoms with Crippen molar-refractivity contribution in [1.82, 2.24) is 9.88 Å². The van der Waals surface area contributed by atoms with Gasteiger partial charge in [0.25, 0.3) is 0 Å². The third-order valence-corrected chi connectivity index (χ3v) is 3.97. The van der Waals surface area contributed by atoms with Crippen molar-refractivity contribution in [3.63, 3.8) is 0 Å². The molecule has 1 saturated heterocycles. The first-order chi connectivity index (χ1) is 11.6. The Balaban J connectivity index is 1.58. The molecule has 1 N–H and O–H groups in total. The van der Waals surface area contributed by atoms with E-state index in [0.717, 1.165) is 18.4 Å². The van der Waals surface area contributed by atoms with E-state index in [-0.39, 0.29) is 24.4 Å². The third-order valence-electron chi connectivity index (χ3n) is 3.97. The van der Waals surface area contributed by atoms with Crippen molar-refractivity contribution in [2.75, 3.05) is 13.1 Å². The van der Waals surface area contributed by atoms with Crippen molar-refractivity contribution in [3.05, 3.63) is 53.7 Å². The Hall–Kier alpha value is -2.83. The van der Waals surface area contributed by atoms with Crippen LogP contribution in [0.15, 0.2) is 40.9 Å². The molecule has 0 radical (unpaired) electrons. The van der Waals surface area contributed by atoms with Crippen molar-refractivity contribution in [2.24, 2.45) is 0 Å². The average molecular weight is 330 g/mol. The van der Waals surface area contributed by atoms with E-state index < -0.39 is 5.97 Å².